The molecule has 4 rings (SSSR count). The second-order valence-corrected chi connectivity index (χ2v) is 7.50. The normalized spacial score (nSPS) is 21.2. The first-order valence-corrected chi connectivity index (χ1v) is 9.81. The van der Waals surface area contributed by atoms with Crippen LogP contribution in [-0.4, -0.2) is 49.1 Å². The van der Waals surface area contributed by atoms with Gasteiger partial charge >= 0.3 is 6.03 Å². The lowest BCUT2D eigenvalue weighted by Crippen LogP contribution is -2.51. The molecule has 0 atom stereocenters. The smallest absolute Gasteiger partial charge is 0.324 e. The molecule has 0 unspecified atom stereocenters. The number of piperidine rings is 1. The van der Waals surface area contributed by atoms with Crippen LogP contribution in [0, 0.1) is 5.92 Å². The fourth-order valence-corrected chi connectivity index (χ4v) is 4.26. The second-order valence-electron chi connectivity index (χ2n) is 7.50. The zero-order chi connectivity index (χ0) is 17.9. The van der Waals surface area contributed by atoms with Gasteiger partial charge in [0.25, 0.3) is 0 Å². The Morgan fingerprint density at radius 1 is 1.00 bits per heavy atom. The van der Waals surface area contributed by atoms with Crippen molar-refractivity contribution in [1.82, 2.24) is 10.2 Å². The van der Waals surface area contributed by atoms with Gasteiger partial charge in [0.15, 0.2) is 0 Å². The largest absolute Gasteiger partial charge is 0.490 e. The summed E-state index contributed by atoms with van der Waals surface area (Å²) >= 11 is 0. The van der Waals surface area contributed by atoms with E-state index in [0.717, 1.165) is 37.1 Å². The molecular weight excluding hydrogens is 330 g/mol. The molecule has 6 heteroatoms. The van der Waals surface area contributed by atoms with E-state index in [4.69, 9.17) is 4.74 Å². The molecule has 1 saturated heterocycles. The lowest BCUT2D eigenvalue weighted by molar-refractivity contribution is -0.126. The maximum absolute atomic E-state index is 13.0. The number of urea groups is 1. The molecule has 140 valence electrons. The van der Waals surface area contributed by atoms with Crippen LogP contribution < -0.4 is 15.0 Å². The predicted molar refractivity (Wildman–Crippen MR) is 99.4 cm³/mol. The molecule has 1 aliphatic carbocycles. The van der Waals surface area contributed by atoms with Crippen LogP contribution in [0.4, 0.5) is 10.5 Å². The number of anilines is 1. The number of amides is 3. The number of benzene rings is 1. The summed E-state index contributed by atoms with van der Waals surface area (Å²) in [7, 11) is 0. The highest BCUT2D eigenvalue weighted by Crippen LogP contribution is 2.32. The molecule has 0 bridgehead atoms. The van der Waals surface area contributed by atoms with Gasteiger partial charge in [-0.25, -0.2) is 4.79 Å². The first kappa shape index (κ1) is 17.2. The highest BCUT2D eigenvalue weighted by atomic mass is 16.5. The Hall–Kier alpha value is -2.24. The second kappa shape index (κ2) is 7.56. The number of likely N-dealkylation sites (tertiary alicyclic amines) is 1. The third-order valence-electron chi connectivity index (χ3n) is 5.80. The number of fused-ring (bicyclic) bond motifs is 1. The van der Waals surface area contributed by atoms with Crippen molar-refractivity contribution < 1.29 is 14.3 Å². The van der Waals surface area contributed by atoms with Crippen LogP contribution in [0.25, 0.3) is 0 Å². The molecule has 0 radical (unpaired) electrons. The number of nitrogens with zero attached hydrogens (tertiary/aromatic N) is 2. The molecule has 1 N–H and O–H groups in total. The Kier molecular flexibility index (Phi) is 5.00. The number of rotatable bonds is 2. The lowest BCUT2D eigenvalue weighted by Gasteiger charge is -2.37. The van der Waals surface area contributed by atoms with Gasteiger partial charge in [-0.15, -0.1) is 0 Å². The lowest BCUT2D eigenvalue weighted by atomic mass is 9.95. The van der Waals surface area contributed by atoms with Gasteiger partial charge in [0.1, 0.15) is 12.4 Å². The molecule has 0 aromatic heterocycles. The van der Waals surface area contributed by atoms with Gasteiger partial charge in [-0.1, -0.05) is 25.0 Å². The van der Waals surface area contributed by atoms with Crippen LogP contribution in [0.3, 0.4) is 0 Å². The summed E-state index contributed by atoms with van der Waals surface area (Å²) in [5, 5.41) is 3.20. The van der Waals surface area contributed by atoms with Gasteiger partial charge in [0, 0.05) is 25.0 Å². The summed E-state index contributed by atoms with van der Waals surface area (Å²) < 4.78 is 5.64. The van der Waals surface area contributed by atoms with E-state index in [0.29, 0.717) is 32.3 Å². The number of para-hydroxylation sites is 2. The Balaban J connectivity index is 1.33. The molecule has 1 saturated carbocycles. The Morgan fingerprint density at radius 3 is 2.50 bits per heavy atom. The topological polar surface area (TPSA) is 61.9 Å². The Morgan fingerprint density at radius 2 is 1.73 bits per heavy atom. The fourth-order valence-electron chi connectivity index (χ4n) is 4.26. The molecule has 3 amide bonds. The van der Waals surface area contributed by atoms with E-state index in [1.807, 2.05) is 29.2 Å². The van der Waals surface area contributed by atoms with E-state index in [1.54, 1.807) is 4.90 Å². The van der Waals surface area contributed by atoms with Crippen molar-refractivity contribution in [3.05, 3.63) is 24.3 Å². The molecule has 26 heavy (non-hydrogen) atoms. The van der Waals surface area contributed by atoms with E-state index in [-0.39, 0.29) is 17.9 Å². The van der Waals surface area contributed by atoms with E-state index in [2.05, 4.69) is 5.32 Å². The van der Waals surface area contributed by atoms with Gasteiger partial charge in [0.2, 0.25) is 5.91 Å². The summed E-state index contributed by atoms with van der Waals surface area (Å²) in [6, 6.07) is 8.06. The van der Waals surface area contributed by atoms with Gasteiger partial charge in [-0.2, -0.15) is 0 Å². The molecule has 2 heterocycles. The third-order valence-corrected chi connectivity index (χ3v) is 5.80. The number of nitrogens with one attached hydrogen (secondary N) is 1. The fraction of sp³-hybridized carbons (Fsp3) is 0.600. The quantitative estimate of drug-likeness (QED) is 0.885. The van der Waals surface area contributed by atoms with Gasteiger partial charge < -0.3 is 15.0 Å². The average molecular weight is 357 g/mol. The molecule has 2 aliphatic heterocycles. The molecule has 1 aromatic rings. The van der Waals surface area contributed by atoms with E-state index in [1.165, 1.54) is 12.8 Å². The number of hydrogen-bond acceptors (Lipinski definition) is 3. The highest BCUT2D eigenvalue weighted by molar-refractivity contribution is 5.94. The van der Waals surface area contributed by atoms with Crippen molar-refractivity contribution in [2.75, 3.05) is 31.1 Å². The number of hydrogen-bond donors (Lipinski definition) is 1. The van der Waals surface area contributed by atoms with Crippen molar-refractivity contribution in [2.24, 2.45) is 5.92 Å². The number of carbonyl (C=O) groups excluding carboxylic acids is 2. The SMILES string of the molecule is O=C(NC1CCCC1)C1CCN(C(=O)N2CCOc3ccccc32)CC1. The van der Waals surface area contributed by atoms with Gasteiger partial charge in [-0.3, -0.25) is 9.69 Å². The van der Waals surface area contributed by atoms with Crippen molar-refractivity contribution in [1.29, 1.82) is 0 Å². The summed E-state index contributed by atoms with van der Waals surface area (Å²) in [5.74, 6) is 0.982. The monoisotopic (exact) mass is 357 g/mol. The minimum atomic E-state index is 0.0235. The molecule has 2 fully saturated rings. The minimum absolute atomic E-state index is 0.0235. The summed E-state index contributed by atoms with van der Waals surface area (Å²) in [4.78, 5) is 29.1. The van der Waals surface area contributed by atoms with E-state index < -0.39 is 0 Å². The molecule has 3 aliphatic rings. The van der Waals surface area contributed by atoms with Crippen LogP contribution >= 0.6 is 0 Å². The highest BCUT2D eigenvalue weighted by Gasteiger charge is 2.32. The maximum Gasteiger partial charge on any atom is 0.324 e. The van der Waals surface area contributed by atoms with Gasteiger partial charge in [-0.05, 0) is 37.8 Å². The standard InChI is InChI=1S/C20H27N3O3/c24-19(21-16-5-1-2-6-16)15-9-11-22(12-10-15)20(25)23-13-14-26-18-8-4-3-7-17(18)23/h3-4,7-8,15-16H,1-2,5-6,9-14H2,(H,21,24). The van der Waals surface area contributed by atoms with Crippen LogP contribution in [0.5, 0.6) is 5.75 Å². The minimum Gasteiger partial charge on any atom is -0.490 e. The zero-order valence-corrected chi connectivity index (χ0v) is 15.2. The van der Waals surface area contributed by atoms with Crippen LogP contribution in [0.1, 0.15) is 38.5 Å². The van der Waals surface area contributed by atoms with Crippen molar-refractivity contribution in [2.45, 2.75) is 44.6 Å². The van der Waals surface area contributed by atoms with Crippen molar-refractivity contribution >= 4 is 17.6 Å². The molecule has 6 nitrogen and oxygen atoms in total. The molecular formula is C20H27N3O3. The average Bonchev–Trinajstić information content (AvgIpc) is 3.20. The summed E-state index contributed by atoms with van der Waals surface area (Å²) in [6.07, 6.45) is 6.16. The van der Waals surface area contributed by atoms with Crippen LogP contribution in [0.2, 0.25) is 0 Å². The zero-order valence-electron chi connectivity index (χ0n) is 15.2. The van der Waals surface area contributed by atoms with Gasteiger partial charge in [0.05, 0.1) is 12.2 Å². The third kappa shape index (κ3) is 3.50. The van der Waals surface area contributed by atoms with Crippen LogP contribution in [-0.2, 0) is 4.79 Å². The van der Waals surface area contributed by atoms with Crippen LogP contribution in [0.15, 0.2) is 24.3 Å². The maximum atomic E-state index is 13.0. The summed E-state index contributed by atoms with van der Waals surface area (Å²) in [6.45, 7) is 2.36. The molecule has 1 aromatic carbocycles. The summed E-state index contributed by atoms with van der Waals surface area (Å²) in [5.41, 5.74) is 0.838. The first-order chi connectivity index (χ1) is 12.7. The number of ether oxygens (including phenoxy) is 1. The predicted octanol–water partition coefficient (Wildman–Crippen LogP) is 2.78. The number of carbonyl (C=O) groups is 2. The Labute approximate surface area is 154 Å². The van der Waals surface area contributed by atoms with E-state index in [9.17, 15) is 9.59 Å². The van der Waals surface area contributed by atoms with Crippen molar-refractivity contribution in [3.63, 3.8) is 0 Å². The molecule has 0 spiro atoms. The first-order valence-electron chi connectivity index (χ1n) is 9.81. The Bertz CT molecular complexity index is 664. The van der Waals surface area contributed by atoms with E-state index >= 15 is 0 Å². The van der Waals surface area contributed by atoms with Crippen molar-refractivity contribution in [3.8, 4) is 5.75 Å².